The normalized spacial score (nSPS) is 30.0. The Morgan fingerprint density at radius 3 is 2.57 bits per heavy atom. The van der Waals surface area contributed by atoms with Gasteiger partial charge in [-0.2, -0.15) is 0 Å². The number of amides is 2. The zero-order chi connectivity index (χ0) is 10.8. The van der Waals surface area contributed by atoms with Crippen molar-refractivity contribution < 1.29 is 9.59 Å². The van der Waals surface area contributed by atoms with Crippen LogP contribution in [-0.2, 0) is 9.59 Å². The van der Waals surface area contributed by atoms with Crippen LogP contribution in [0.15, 0.2) is 24.3 Å². The first-order chi connectivity index (χ1) is 6.52. The van der Waals surface area contributed by atoms with Gasteiger partial charge in [0.15, 0.2) is 0 Å². The fourth-order valence-electron chi connectivity index (χ4n) is 1.61. The standard InChI is InChI=1S/C10H14N2O2/c1-10(9(14)12-2)6-4-3-5-7(10)8(11)13/h3-7H,1-2H3,(H2,11,13)(H,12,14). The molecule has 14 heavy (non-hydrogen) atoms. The van der Waals surface area contributed by atoms with Crippen LogP contribution in [0.2, 0.25) is 0 Å². The van der Waals surface area contributed by atoms with E-state index in [1.54, 1.807) is 31.2 Å². The Bertz CT molecular complexity index is 320. The lowest BCUT2D eigenvalue weighted by molar-refractivity contribution is -0.134. The lowest BCUT2D eigenvalue weighted by Crippen LogP contribution is -2.46. The average Bonchev–Trinajstić information content (AvgIpc) is 2.16. The number of primary amides is 1. The molecule has 0 fully saturated rings. The number of carbonyl (C=O) groups excluding carboxylic acids is 2. The molecule has 2 atom stereocenters. The van der Waals surface area contributed by atoms with Gasteiger partial charge >= 0.3 is 0 Å². The first-order valence-corrected chi connectivity index (χ1v) is 4.40. The molecule has 0 aliphatic heterocycles. The summed E-state index contributed by atoms with van der Waals surface area (Å²) in [5, 5.41) is 2.53. The lowest BCUT2D eigenvalue weighted by Gasteiger charge is -2.31. The van der Waals surface area contributed by atoms with E-state index in [0.29, 0.717) is 0 Å². The maximum atomic E-state index is 11.6. The molecule has 0 aromatic carbocycles. The van der Waals surface area contributed by atoms with Gasteiger partial charge in [-0.1, -0.05) is 24.3 Å². The van der Waals surface area contributed by atoms with Crippen molar-refractivity contribution in [3.8, 4) is 0 Å². The molecule has 2 unspecified atom stereocenters. The highest BCUT2D eigenvalue weighted by Gasteiger charge is 2.41. The van der Waals surface area contributed by atoms with Crippen LogP contribution in [0.4, 0.5) is 0 Å². The van der Waals surface area contributed by atoms with Crippen LogP contribution in [0.3, 0.4) is 0 Å². The van der Waals surface area contributed by atoms with Crippen molar-refractivity contribution in [1.29, 1.82) is 0 Å². The number of nitrogens with one attached hydrogen (secondary N) is 1. The summed E-state index contributed by atoms with van der Waals surface area (Å²) in [6, 6.07) is 0. The second kappa shape index (κ2) is 3.65. The molecule has 0 radical (unpaired) electrons. The van der Waals surface area contributed by atoms with Crippen molar-refractivity contribution >= 4 is 11.8 Å². The smallest absolute Gasteiger partial charge is 0.230 e. The van der Waals surface area contributed by atoms with Gasteiger partial charge in [-0.15, -0.1) is 0 Å². The largest absolute Gasteiger partial charge is 0.369 e. The highest BCUT2D eigenvalue weighted by Crippen LogP contribution is 2.33. The van der Waals surface area contributed by atoms with Crippen LogP contribution < -0.4 is 11.1 Å². The predicted octanol–water partition coefficient (Wildman–Crippen LogP) is -0.0338. The Morgan fingerprint density at radius 1 is 1.43 bits per heavy atom. The van der Waals surface area contributed by atoms with Crippen LogP contribution in [0.25, 0.3) is 0 Å². The first-order valence-electron chi connectivity index (χ1n) is 4.40. The summed E-state index contributed by atoms with van der Waals surface area (Å²) in [4.78, 5) is 22.7. The fraction of sp³-hybridized carbons (Fsp3) is 0.400. The van der Waals surface area contributed by atoms with Crippen LogP contribution in [-0.4, -0.2) is 18.9 Å². The topological polar surface area (TPSA) is 72.2 Å². The lowest BCUT2D eigenvalue weighted by atomic mass is 9.73. The Morgan fingerprint density at radius 2 is 2.07 bits per heavy atom. The third-order valence-corrected chi connectivity index (χ3v) is 2.53. The monoisotopic (exact) mass is 194 g/mol. The van der Waals surface area contributed by atoms with E-state index in [-0.39, 0.29) is 5.91 Å². The molecule has 1 aliphatic carbocycles. The van der Waals surface area contributed by atoms with Gasteiger partial charge in [0.2, 0.25) is 11.8 Å². The van der Waals surface area contributed by atoms with Crippen LogP contribution in [0, 0.1) is 11.3 Å². The number of carbonyl (C=O) groups is 2. The van der Waals surface area contributed by atoms with Gasteiger partial charge < -0.3 is 11.1 Å². The van der Waals surface area contributed by atoms with Gasteiger partial charge in [0.05, 0.1) is 11.3 Å². The fourth-order valence-corrected chi connectivity index (χ4v) is 1.61. The van der Waals surface area contributed by atoms with E-state index < -0.39 is 17.2 Å². The van der Waals surface area contributed by atoms with Gasteiger partial charge in [-0.3, -0.25) is 9.59 Å². The van der Waals surface area contributed by atoms with Crippen molar-refractivity contribution in [3.63, 3.8) is 0 Å². The van der Waals surface area contributed by atoms with Crippen LogP contribution in [0.1, 0.15) is 6.92 Å². The van der Waals surface area contributed by atoms with E-state index in [1.165, 1.54) is 7.05 Å². The van der Waals surface area contributed by atoms with E-state index in [1.807, 2.05) is 0 Å². The highest BCUT2D eigenvalue weighted by molar-refractivity contribution is 5.92. The van der Waals surface area contributed by atoms with Crippen molar-refractivity contribution in [3.05, 3.63) is 24.3 Å². The number of nitrogens with two attached hydrogens (primary N) is 1. The molecular formula is C10H14N2O2. The van der Waals surface area contributed by atoms with E-state index >= 15 is 0 Å². The molecule has 4 nitrogen and oxygen atoms in total. The van der Waals surface area contributed by atoms with Gasteiger partial charge in [0, 0.05) is 7.05 Å². The second-order valence-electron chi connectivity index (χ2n) is 3.49. The third kappa shape index (κ3) is 1.55. The quantitative estimate of drug-likeness (QED) is 0.647. The van der Waals surface area contributed by atoms with E-state index in [0.717, 1.165) is 0 Å². The molecule has 0 aromatic rings. The molecule has 3 N–H and O–H groups in total. The molecule has 76 valence electrons. The summed E-state index contributed by atoms with van der Waals surface area (Å²) in [6.45, 7) is 1.70. The van der Waals surface area contributed by atoms with E-state index in [9.17, 15) is 9.59 Å². The number of hydrogen-bond donors (Lipinski definition) is 2. The molecule has 0 aromatic heterocycles. The summed E-state index contributed by atoms with van der Waals surface area (Å²) < 4.78 is 0. The van der Waals surface area contributed by atoms with Gasteiger partial charge in [-0.25, -0.2) is 0 Å². The van der Waals surface area contributed by atoms with E-state index in [2.05, 4.69) is 5.32 Å². The van der Waals surface area contributed by atoms with Crippen molar-refractivity contribution in [1.82, 2.24) is 5.32 Å². The summed E-state index contributed by atoms with van der Waals surface area (Å²) in [6.07, 6.45) is 6.81. The number of allylic oxidation sites excluding steroid dienone is 2. The minimum absolute atomic E-state index is 0.207. The summed E-state index contributed by atoms with van der Waals surface area (Å²) in [7, 11) is 1.54. The Hall–Kier alpha value is -1.58. The van der Waals surface area contributed by atoms with Gasteiger partial charge in [-0.05, 0) is 6.92 Å². The minimum atomic E-state index is -0.866. The average molecular weight is 194 g/mol. The summed E-state index contributed by atoms with van der Waals surface area (Å²) >= 11 is 0. The van der Waals surface area contributed by atoms with Gasteiger partial charge in [0.1, 0.15) is 0 Å². The maximum Gasteiger partial charge on any atom is 0.230 e. The van der Waals surface area contributed by atoms with Crippen molar-refractivity contribution in [2.45, 2.75) is 6.92 Å². The highest BCUT2D eigenvalue weighted by atomic mass is 16.2. The molecule has 0 saturated heterocycles. The first kappa shape index (κ1) is 10.5. The minimum Gasteiger partial charge on any atom is -0.369 e. The molecular weight excluding hydrogens is 180 g/mol. The maximum absolute atomic E-state index is 11.6. The summed E-state index contributed by atoms with van der Waals surface area (Å²) in [5.41, 5.74) is 4.37. The Balaban J connectivity index is 3.05. The van der Waals surface area contributed by atoms with Crippen molar-refractivity contribution in [2.75, 3.05) is 7.05 Å². The number of rotatable bonds is 2. The zero-order valence-electron chi connectivity index (χ0n) is 8.28. The van der Waals surface area contributed by atoms with Crippen molar-refractivity contribution in [2.24, 2.45) is 17.1 Å². The van der Waals surface area contributed by atoms with Gasteiger partial charge in [0.25, 0.3) is 0 Å². The van der Waals surface area contributed by atoms with Crippen LogP contribution in [0.5, 0.6) is 0 Å². The van der Waals surface area contributed by atoms with Crippen LogP contribution >= 0.6 is 0 Å². The molecule has 1 rings (SSSR count). The zero-order valence-corrected chi connectivity index (χ0v) is 8.28. The second-order valence-corrected chi connectivity index (χ2v) is 3.49. The Labute approximate surface area is 82.9 Å². The molecule has 0 bridgehead atoms. The molecule has 1 aliphatic rings. The third-order valence-electron chi connectivity index (χ3n) is 2.53. The SMILES string of the molecule is CNC(=O)C1(C)C=CC=CC1C(N)=O. The molecule has 0 spiro atoms. The predicted molar refractivity (Wildman–Crippen MR) is 53.1 cm³/mol. The molecule has 2 amide bonds. The molecule has 0 heterocycles. The molecule has 4 heteroatoms. The number of hydrogen-bond acceptors (Lipinski definition) is 2. The molecule has 0 saturated carbocycles. The Kier molecular flexibility index (Phi) is 2.74. The summed E-state index contributed by atoms with van der Waals surface area (Å²) in [5.74, 6) is -1.27. The van der Waals surface area contributed by atoms with E-state index in [4.69, 9.17) is 5.73 Å².